The van der Waals surface area contributed by atoms with Crippen LogP contribution < -0.4 is 16.2 Å². The topological polar surface area (TPSA) is 96.3 Å². The number of rotatable bonds is 3. The molecule has 6 nitrogen and oxygen atoms in total. The Labute approximate surface area is 140 Å². The summed E-state index contributed by atoms with van der Waals surface area (Å²) in [5.41, 5.74) is 7.02. The average Bonchev–Trinajstić information content (AvgIpc) is 2.49. The Morgan fingerprint density at radius 3 is 2.12 bits per heavy atom. The second kappa shape index (κ2) is 6.41. The first-order chi connectivity index (χ1) is 11.1. The largest absolute Gasteiger partial charge is 0.322 e. The van der Waals surface area contributed by atoms with Crippen LogP contribution >= 0.6 is 0 Å². The molecule has 0 saturated carbocycles. The highest BCUT2D eigenvalue weighted by atomic mass is 16.2. The van der Waals surface area contributed by atoms with E-state index in [1.54, 1.807) is 51.1 Å². The van der Waals surface area contributed by atoms with Gasteiger partial charge < -0.3 is 10.7 Å². The van der Waals surface area contributed by atoms with Gasteiger partial charge in [0.05, 0.1) is 11.2 Å². The number of hydrogen-bond donors (Lipinski definition) is 2. The third kappa shape index (κ3) is 3.60. The number of carbonyl (C=O) groups excluding carboxylic acids is 2. The van der Waals surface area contributed by atoms with E-state index in [4.69, 9.17) is 5.73 Å². The summed E-state index contributed by atoms with van der Waals surface area (Å²) in [6, 6.07) is 10.3. The molecule has 1 heterocycles. The molecule has 6 heteroatoms. The highest BCUT2D eigenvalue weighted by Crippen LogP contribution is 2.23. The molecule has 2 aromatic rings. The number of anilines is 1. The fraction of sp³-hybridized carbons (Fsp3) is 0.278. The second-order valence-electron chi connectivity index (χ2n) is 6.31. The van der Waals surface area contributed by atoms with Crippen molar-refractivity contribution in [3.05, 3.63) is 52.3 Å². The third-order valence-corrected chi connectivity index (χ3v) is 3.61. The van der Waals surface area contributed by atoms with Crippen LogP contribution in [0.2, 0.25) is 0 Å². The molecule has 1 aromatic carbocycles. The van der Waals surface area contributed by atoms with Crippen LogP contribution in [0.3, 0.4) is 0 Å². The van der Waals surface area contributed by atoms with Gasteiger partial charge >= 0.3 is 0 Å². The average molecular weight is 327 g/mol. The molecular formula is C18H21N3O3. The van der Waals surface area contributed by atoms with E-state index in [2.05, 4.69) is 4.98 Å². The first-order valence-corrected chi connectivity index (χ1v) is 7.55. The van der Waals surface area contributed by atoms with Crippen LogP contribution in [-0.2, 0) is 9.59 Å². The van der Waals surface area contributed by atoms with Gasteiger partial charge in [-0.25, -0.2) is 4.90 Å². The van der Waals surface area contributed by atoms with Crippen molar-refractivity contribution in [2.75, 3.05) is 4.90 Å². The van der Waals surface area contributed by atoms with Crippen molar-refractivity contribution in [3.8, 4) is 11.3 Å². The van der Waals surface area contributed by atoms with Crippen molar-refractivity contribution in [3.63, 3.8) is 0 Å². The molecule has 0 saturated heterocycles. The number of carbonyl (C=O) groups is 2. The van der Waals surface area contributed by atoms with E-state index in [1.807, 2.05) is 6.07 Å². The SMILES string of the molecule is CC(=O)N(C(=O)C(C)(C)N)c1ccc(-c2ccc(C)c(=O)[nH]2)cc1. The number of benzene rings is 1. The molecule has 0 radical (unpaired) electrons. The third-order valence-electron chi connectivity index (χ3n) is 3.61. The molecular weight excluding hydrogens is 306 g/mol. The number of imide groups is 1. The monoisotopic (exact) mass is 327 g/mol. The van der Waals surface area contributed by atoms with E-state index >= 15 is 0 Å². The molecule has 0 aliphatic heterocycles. The number of pyridine rings is 1. The quantitative estimate of drug-likeness (QED) is 0.901. The number of nitrogens with one attached hydrogen (secondary N) is 1. The molecule has 24 heavy (non-hydrogen) atoms. The summed E-state index contributed by atoms with van der Waals surface area (Å²) < 4.78 is 0. The maximum Gasteiger partial charge on any atom is 0.253 e. The van der Waals surface area contributed by atoms with Gasteiger partial charge in [-0.05, 0) is 44.5 Å². The van der Waals surface area contributed by atoms with Gasteiger partial charge in [0.25, 0.3) is 11.5 Å². The van der Waals surface area contributed by atoms with Gasteiger partial charge in [-0.3, -0.25) is 14.4 Å². The van der Waals surface area contributed by atoms with Crippen LogP contribution in [0.4, 0.5) is 5.69 Å². The van der Waals surface area contributed by atoms with Gasteiger partial charge in [0.15, 0.2) is 0 Å². The van der Waals surface area contributed by atoms with Crippen LogP contribution in [-0.4, -0.2) is 22.3 Å². The molecule has 2 rings (SSSR count). The number of hydrogen-bond acceptors (Lipinski definition) is 4. The summed E-state index contributed by atoms with van der Waals surface area (Å²) in [7, 11) is 0. The fourth-order valence-corrected chi connectivity index (χ4v) is 2.24. The van der Waals surface area contributed by atoms with E-state index in [1.165, 1.54) is 6.92 Å². The maximum atomic E-state index is 12.4. The Morgan fingerprint density at radius 1 is 1.08 bits per heavy atom. The Bertz CT molecular complexity index is 830. The highest BCUT2D eigenvalue weighted by molar-refractivity contribution is 6.17. The smallest absolute Gasteiger partial charge is 0.253 e. The number of H-pyrrole nitrogens is 1. The summed E-state index contributed by atoms with van der Waals surface area (Å²) in [4.78, 5) is 39.8. The fourth-order valence-electron chi connectivity index (χ4n) is 2.24. The van der Waals surface area contributed by atoms with E-state index in [0.717, 1.165) is 10.5 Å². The lowest BCUT2D eigenvalue weighted by Gasteiger charge is -2.27. The lowest BCUT2D eigenvalue weighted by molar-refractivity contribution is -0.128. The highest BCUT2D eigenvalue weighted by Gasteiger charge is 2.31. The normalized spacial score (nSPS) is 11.2. The lowest BCUT2D eigenvalue weighted by Crippen LogP contribution is -2.53. The predicted octanol–water partition coefficient (Wildman–Crippen LogP) is 1.97. The van der Waals surface area contributed by atoms with Gasteiger partial charge in [0, 0.05) is 18.2 Å². The minimum Gasteiger partial charge on any atom is -0.322 e. The van der Waals surface area contributed by atoms with Crippen molar-refractivity contribution in [1.82, 2.24) is 4.98 Å². The summed E-state index contributed by atoms with van der Waals surface area (Å²) in [6.07, 6.45) is 0. The number of aromatic amines is 1. The van der Waals surface area contributed by atoms with Gasteiger partial charge in [-0.15, -0.1) is 0 Å². The zero-order valence-electron chi connectivity index (χ0n) is 14.2. The molecule has 2 amide bonds. The van der Waals surface area contributed by atoms with Crippen LogP contribution in [0.1, 0.15) is 26.3 Å². The second-order valence-corrected chi connectivity index (χ2v) is 6.31. The molecule has 0 aliphatic carbocycles. The summed E-state index contributed by atoms with van der Waals surface area (Å²) in [5, 5.41) is 0. The Balaban J connectivity index is 2.39. The zero-order valence-corrected chi connectivity index (χ0v) is 14.2. The van der Waals surface area contributed by atoms with Crippen molar-refractivity contribution in [2.24, 2.45) is 5.73 Å². The first-order valence-electron chi connectivity index (χ1n) is 7.55. The molecule has 1 aromatic heterocycles. The maximum absolute atomic E-state index is 12.4. The number of aryl methyl sites for hydroxylation is 1. The van der Waals surface area contributed by atoms with E-state index in [-0.39, 0.29) is 5.56 Å². The summed E-state index contributed by atoms with van der Waals surface area (Å²) in [5.74, 6) is -0.887. The molecule has 0 aliphatic rings. The van der Waals surface area contributed by atoms with E-state index < -0.39 is 17.4 Å². The summed E-state index contributed by atoms with van der Waals surface area (Å²) >= 11 is 0. The Hall–Kier alpha value is -2.73. The van der Waals surface area contributed by atoms with Crippen LogP contribution in [0.5, 0.6) is 0 Å². The molecule has 0 spiro atoms. The molecule has 3 N–H and O–H groups in total. The Morgan fingerprint density at radius 2 is 1.67 bits per heavy atom. The minimum absolute atomic E-state index is 0.151. The number of nitrogens with zero attached hydrogens (tertiary/aromatic N) is 1. The van der Waals surface area contributed by atoms with Crippen LogP contribution in [0.25, 0.3) is 11.3 Å². The van der Waals surface area contributed by atoms with Crippen molar-refractivity contribution >= 4 is 17.5 Å². The van der Waals surface area contributed by atoms with Crippen molar-refractivity contribution < 1.29 is 9.59 Å². The lowest BCUT2D eigenvalue weighted by atomic mass is 10.0. The first kappa shape index (κ1) is 17.6. The zero-order chi connectivity index (χ0) is 18.1. The summed E-state index contributed by atoms with van der Waals surface area (Å²) in [6.45, 7) is 6.15. The number of aromatic nitrogens is 1. The van der Waals surface area contributed by atoms with Gasteiger partial charge in [-0.1, -0.05) is 18.2 Å². The van der Waals surface area contributed by atoms with Gasteiger partial charge in [0.2, 0.25) is 5.91 Å². The minimum atomic E-state index is -1.16. The van der Waals surface area contributed by atoms with Crippen LogP contribution in [0.15, 0.2) is 41.2 Å². The molecule has 0 atom stereocenters. The molecule has 0 unspecified atom stereocenters. The Kier molecular flexibility index (Phi) is 4.71. The van der Waals surface area contributed by atoms with Gasteiger partial charge in [-0.2, -0.15) is 0 Å². The van der Waals surface area contributed by atoms with Crippen molar-refractivity contribution in [1.29, 1.82) is 0 Å². The van der Waals surface area contributed by atoms with Crippen LogP contribution in [0, 0.1) is 6.92 Å². The molecule has 0 bridgehead atoms. The predicted molar refractivity (Wildman–Crippen MR) is 93.7 cm³/mol. The number of amides is 2. The molecule has 126 valence electrons. The van der Waals surface area contributed by atoms with Crippen molar-refractivity contribution in [2.45, 2.75) is 33.2 Å². The van der Waals surface area contributed by atoms with E-state index in [0.29, 0.717) is 16.9 Å². The van der Waals surface area contributed by atoms with Gasteiger partial charge in [0.1, 0.15) is 0 Å². The van der Waals surface area contributed by atoms with E-state index in [9.17, 15) is 14.4 Å². The molecule has 0 fully saturated rings. The standard InChI is InChI=1S/C18H21N3O3/c1-11-5-10-15(20-16(11)23)13-6-8-14(9-7-13)21(12(2)22)17(24)18(3,4)19/h5-10H,19H2,1-4H3,(H,20,23). The number of nitrogens with two attached hydrogens (primary N) is 1.